The van der Waals surface area contributed by atoms with Crippen LogP contribution in [0.1, 0.15) is 32.3 Å². The molecule has 1 N–H and O–H groups in total. The Labute approximate surface area is 200 Å². The van der Waals surface area contributed by atoms with Crippen LogP contribution in [0.25, 0.3) is 11.0 Å². The molecule has 0 atom stereocenters. The number of rotatable bonds is 7. The molecule has 1 saturated heterocycles. The number of ether oxygens (including phenoxy) is 2. The Morgan fingerprint density at radius 3 is 2.74 bits per heavy atom. The topological polar surface area (TPSA) is 70.7 Å². The molecule has 0 aliphatic carbocycles. The summed E-state index contributed by atoms with van der Waals surface area (Å²) in [6.07, 6.45) is 3.14. The fourth-order valence-corrected chi connectivity index (χ4v) is 4.88. The van der Waals surface area contributed by atoms with Crippen molar-refractivity contribution in [2.24, 2.45) is 5.41 Å². The number of aromatic nitrogens is 2. The summed E-state index contributed by atoms with van der Waals surface area (Å²) < 4.78 is 11.9. The van der Waals surface area contributed by atoms with Crippen LogP contribution in [-0.4, -0.2) is 60.8 Å². The Kier molecular flexibility index (Phi) is 6.46. The van der Waals surface area contributed by atoms with Gasteiger partial charge >= 0.3 is 0 Å². The van der Waals surface area contributed by atoms with Gasteiger partial charge in [0.2, 0.25) is 11.4 Å². The van der Waals surface area contributed by atoms with E-state index in [2.05, 4.69) is 51.8 Å². The first-order valence-electron chi connectivity index (χ1n) is 12.3. The Morgan fingerprint density at radius 1 is 1.06 bits per heavy atom. The lowest BCUT2D eigenvalue weighted by atomic mass is 9.83. The van der Waals surface area contributed by atoms with Gasteiger partial charge in [0, 0.05) is 60.4 Å². The lowest BCUT2D eigenvalue weighted by molar-refractivity contribution is 0.155. The number of nitrogens with one attached hydrogen (secondary N) is 1. The fraction of sp³-hybridized carbons (Fsp3) is 0.481. The van der Waals surface area contributed by atoms with E-state index >= 15 is 0 Å². The van der Waals surface area contributed by atoms with E-state index in [-0.39, 0.29) is 11.0 Å². The van der Waals surface area contributed by atoms with Crippen molar-refractivity contribution in [3.8, 4) is 11.6 Å². The summed E-state index contributed by atoms with van der Waals surface area (Å²) in [4.78, 5) is 23.7. The van der Waals surface area contributed by atoms with Gasteiger partial charge in [0.25, 0.3) is 0 Å². The molecule has 0 bridgehead atoms. The van der Waals surface area contributed by atoms with Crippen molar-refractivity contribution in [2.75, 3.05) is 50.8 Å². The highest BCUT2D eigenvalue weighted by atomic mass is 16.5. The summed E-state index contributed by atoms with van der Waals surface area (Å²) in [5.74, 6) is 1.62. The van der Waals surface area contributed by atoms with Crippen molar-refractivity contribution >= 4 is 16.7 Å². The zero-order valence-corrected chi connectivity index (χ0v) is 20.2. The van der Waals surface area contributed by atoms with Crippen LogP contribution in [0.4, 0.5) is 5.69 Å². The normalized spacial score (nSPS) is 17.9. The zero-order valence-electron chi connectivity index (χ0n) is 20.2. The zero-order chi connectivity index (χ0) is 23.5. The second-order valence-corrected chi connectivity index (χ2v) is 10.2. The van der Waals surface area contributed by atoms with Gasteiger partial charge in [-0.3, -0.25) is 9.69 Å². The molecule has 7 nitrogen and oxygen atoms in total. The van der Waals surface area contributed by atoms with Crippen LogP contribution >= 0.6 is 0 Å². The molecule has 1 fully saturated rings. The van der Waals surface area contributed by atoms with Crippen LogP contribution in [0.5, 0.6) is 11.6 Å². The van der Waals surface area contributed by atoms with Crippen LogP contribution in [0.15, 0.2) is 47.3 Å². The van der Waals surface area contributed by atoms with Crippen molar-refractivity contribution in [1.82, 2.24) is 14.9 Å². The van der Waals surface area contributed by atoms with E-state index in [0.717, 1.165) is 69.7 Å². The summed E-state index contributed by atoms with van der Waals surface area (Å²) in [5, 5.41) is 0.901. The summed E-state index contributed by atoms with van der Waals surface area (Å²) in [6.45, 7) is 11.3. The van der Waals surface area contributed by atoms with E-state index in [9.17, 15) is 4.79 Å². The van der Waals surface area contributed by atoms with Crippen molar-refractivity contribution < 1.29 is 9.47 Å². The van der Waals surface area contributed by atoms with E-state index in [1.165, 1.54) is 17.3 Å². The van der Waals surface area contributed by atoms with Crippen LogP contribution in [0.2, 0.25) is 0 Å². The molecule has 0 saturated carbocycles. The molecule has 0 spiro atoms. The predicted molar refractivity (Wildman–Crippen MR) is 135 cm³/mol. The molecule has 2 aliphatic heterocycles. The predicted octanol–water partition coefficient (Wildman–Crippen LogP) is 3.87. The van der Waals surface area contributed by atoms with Gasteiger partial charge in [-0.15, -0.1) is 0 Å². The van der Waals surface area contributed by atoms with Gasteiger partial charge in [-0.1, -0.05) is 19.9 Å². The number of hydrogen-bond donors (Lipinski definition) is 1. The van der Waals surface area contributed by atoms with Crippen LogP contribution < -0.4 is 19.9 Å². The van der Waals surface area contributed by atoms with Gasteiger partial charge < -0.3 is 19.4 Å². The standard InChI is InChI=1S/C27H34N4O3/c1-27(2)18-21-22(6-5-7-23(21)34-19-27)31-15-13-30(14-16-31)12-3-4-17-33-25-11-9-20-8-10-24(32)28-26(20)29-25/h5-11H,3-4,12-19H2,1-2H3,(H,28,29,32). The molecule has 0 amide bonds. The number of piperazine rings is 1. The molecule has 2 aliphatic rings. The minimum atomic E-state index is -0.151. The SMILES string of the molecule is CC1(C)COc2cccc(N3CCN(CCCCOc4ccc5ccc(=O)[nH]c5n4)CC3)c2C1. The molecule has 5 rings (SSSR count). The third kappa shape index (κ3) is 5.20. The minimum absolute atomic E-state index is 0.151. The summed E-state index contributed by atoms with van der Waals surface area (Å²) in [5.41, 5.74) is 3.32. The molecular weight excluding hydrogens is 428 g/mol. The highest BCUT2D eigenvalue weighted by molar-refractivity contribution is 5.74. The van der Waals surface area contributed by atoms with E-state index < -0.39 is 0 Å². The quantitative estimate of drug-likeness (QED) is 0.538. The minimum Gasteiger partial charge on any atom is -0.493 e. The largest absolute Gasteiger partial charge is 0.493 e. The van der Waals surface area contributed by atoms with Crippen molar-refractivity contribution in [3.63, 3.8) is 0 Å². The molecule has 180 valence electrons. The number of anilines is 1. The summed E-state index contributed by atoms with van der Waals surface area (Å²) >= 11 is 0. The number of hydrogen-bond acceptors (Lipinski definition) is 6. The molecule has 3 aromatic rings. The maximum Gasteiger partial charge on any atom is 0.249 e. The lowest BCUT2D eigenvalue weighted by Gasteiger charge is -2.39. The fourth-order valence-electron chi connectivity index (χ4n) is 4.88. The van der Waals surface area contributed by atoms with Gasteiger partial charge in [-0.25, -0.2) is 0 Å². The maximum atomic E-state index is 11.5. The van der Waals surface area contributed by atoms with Gasteiger partial charge in [-0.05, 0) is 50.1 Å². The van der Waals surface area contributed by atoms with E-state index in [1.54, 1.807) is 6.07 Å². The first-order valence-corrected chi connectivity index (χ1v) is 12.3. The molecule has 4 heterocycles. The molecule has 34 heavy (non-hydrogen) atoms. The summed E-state index contributed by atoms with van der Waals surface area (Å²) in [7, 11) is 0. The second-order valence-electron chi connectivity index (χ2n) is 10.2. The number of benzene rings is 1. The third-order valence-corrected chi connectivity index (χ3v) is 6.77. The van der Waals surface area contributed by atoms with Gasteiger partial charge in [0.05, 0.1) is 13.2 Å². The molecule has 0 unspecified atom stereocenters. The first-order chi connectivity index (χ1) is 16.5. The molecule has 0 radical (unpaired) electrons. The Balaban J connectivity index is 1.06. The van der Waals surface area contributed by atoms with Crippen LogP contribution in [0, 0.1) is 5.41 Å². The Hall–Kier alpha value is -3.06. The average Bonchev–Trinajstić information content (AvgIpc) is 2.83. The Morgan fingerprint density at radius 2 is 1.88 bits per heavy atom. The van der Waals surface area contributed by atoms with Gasteiger partial charge in [0.1, 0.15) is 11.4 Å². The highest BCUT2D eigenvalue weighted by Crippen LogP contribution is 2.39. The van der Waals surface area contributed by atoms with Crippen LogP contribution in [-0.2, 0) is 6.42 Å². The highest BCUT2D eigenvalue weighted by Gasteiger charge is 2.30. The molecule has 2 aromatic heterocycles. The number of fused-ring (bicyclic) bond motifs is 2. The Bertz CT molecular complexity index is 1200. The molecule has 7 heteroatoms. The number of nitrogens with zero attached hydrogens (tertiary/aromatic N) is 3. The maximum absolute atomic E-state index is 11.5. The van der Waals surface area contributed by atoms with Crippen molar-refractivity contribution in [3.05, 3.63) is 58.4 Å². The number of unbranched alkanes of at least 4 members (excludes halogenated alkanes) is 1. The smallest absolute Gasteiger partial charge is 0.249 e. The molecular formula is C27H34N4O3. The van der Waals surface area contributed by atoms with Crippen LogP contribution in [0.3, 0.4) is 0 Å². The van der Waals surface area contributed by atoms with Crippen molar-refractivity contribution in [2.45, 2.75) is 33.1 Å². The third-order valence-electron chi connectivity index (χ3n) is 6.77. The monoisotopic (exact) mass is 462 g/mol. The summed E-state index contributed by atoms with van der Waals surface area (Å²) in [6, 6.07) is 13.5. The van der Waals surface area contributed by atoms with E-state index in [1.807, 2.05) is 12.1 Å². The van der Waals surface area contributed by atoms with Crippen molar-refractivity contribution in [1.29, 1.82) is 0 Å². The van der Waals surface area contributed by atoms with Gasteiger partial charge in [-0.2, -0.15) is 4.98 Å². The van der Waals surface area contributed by atoms with E-state index in [4.69, 9.17) is 9.47 Å². The van der Waals surface area contributed by atoms with E-state index in [0.29, 0.717) is 18.1 Å². The number of H-pyrrole nitrogens is 1. The first kappa shape index (κ1) is 22.7. The second kappa shape index (κ2) is 9.66. The average molecular weight is 463 g/mol. The number of aromatic amines is 1. The number of pyridine rings is 2. The molecule has 1 aromatic carbocycles. The van der Waals surface area contributed by atoms with Gasteiger partial charge in [0.15, 0.2) is 0 Å². The lowest BCUT2D eigenvalue weighted by Crippen LogP contribution is -2.47.